The molecular weight excluding hydrogens is 457 g/mol. The van der Waals surface area contributed by atoms with E-state index in [1.807, 2.05) is 12.1 Å². The van der Waals surface area contributed by atoms with E-state index in [4.69, 9.17) is 14.2 Å². The van der Waals surface area contributed by atoms with Crippen molar-refractivity contribution in [3.8, 4) is 5.75 Å². The lowest BCUT2D eigenvalue weighted by molar-refractivity contribution is -0.301. The van der Waals surface area contributed by atoms with Crippen molar-refractivity contribution in [3.05, 3.63) is 65.2 Å². The van der Waals surface area contributed by atoms with Gasteiger partial charge in [-0.2, -0.15) is 13.2 Å². The molecule has 3 rings (SSSR count). The molecule has 34 heavy (non-hydrogen) atoms. The van der Waals surface area contributed by atoms with Gasteiger partial charge in [-0.05, 0) is 54.7 Å². The van der Waals surface area contributed by atoms with Gasteiger partial charge in [0.25, 0.3) is 0 Å². The molecule has 2 aromatic carbocycles. The lowest BCUT2D eigenvalue weighted by Gasteiger charge is -2.39. The van der Waals surface area contributed by atoms with Gasteiger partial charge in [0.1, 0.15) is 36.8 Å². The molecular formula is C24H29F3O7. The van der Waals surface area contributed by atoms with Crippen LogP contribution in [0.15, 0.2) is 48.5 Å². The molecule has 0 aliphatic carbocycles. The molecule has 2 aromatic rings. The van der Waals surface area contributed by atoms with Crippen LogP contribution in [0, 0.1) is 0 Å². The molecule has 4 N–H and O–H groups in total. The molecule has 0 spiro atoms. The van der Waals surface area contributed by atoms with Gasteiger partial charge >= 0.3 is 6.18 Å². The molecule has 1 aliphatic heterocycles. The Hall–Kier alpha value is -2.21. The summed E-state index contributed by atoms with van der Waals surface area (Å²) in [6.45, 7) is -0.0847. The van der Waals surface area contributed by atoms with E-state index < -0.39 is 49.1 Å². The average molecular weight is 486 g/mol. The van der Waals surface area contributed by atoms with Gasteiger partial charge in [0.2, 0.25) is 0 Å². The molecule has 7 nitrogen and oxygen atoms in total. The van der Waals surface area contributed by atoms with Crippen molar-refractivity contribution in [2.75, 3.05) is 13.2 Å². The first-order valence-corrected chi connectivity index (χ1v) is 11.0. The highest BCUT2D eigenvalue weighted by Crippen LogP contribution is 2.29. The number of rotatable bonds is 10. The number of ether oxygens (including phenoxy) is 3. The Morgan fingerprint density at radius 3 is 2.09 bits per heavy atom. The van der Waals surface area contributed by atoms with E-state index in [2.05, 4.69) is 0 Å². The van der Waals surface area contributed by atoms with Crippen molar-refractivity contribution >= 4 is 0 Å². The highest BCUT2D eigenvalue weighted by atomic mass is 19.4. The van der Waals surface area contributed by atoms with Crippen LogP contribution in [0.5, 0.6) is 5.75 Å². The normalized spacial score (nSPS) is 25.3. The minimum atomic E-state index is -4.36. The van der Waals surface area contributed by atoms with Crippen molar-refractivity contribution in [2.45, 2.75) is 62.8 Å². The van der Waals surface area contributed by atoms with Gasteiger partial charge in [-0.3, -0.25) is 0 Å². The zero-order valence-electron chi connectivity index (χ0n) is 18.4. The zero-order valence-corrected chi connectivity index (χ0v) is 18.4. The lowest BCUT2D eigenvalue weighted by atomic mass is 9.99. The topological polar surface area (TPSA) is 109 Å². The summed E-state index contributed by atoms with van der Waals surface area (Å²) in [4.78, 5) is 0. The third kappa shape index (κ3) is 7.14. The van der Waals surface area contributed by atoms with Crippen LogP contribution in [-0.4, -0.2) is 64.3 Å². The first-order valence-electron chi connectivity index (χ1n) is 11.0. The number of hydrogen-bond acceptors (Lipinski definition) is 7. The molecule has 10 heteroatoms. The fourth-order valence-corrected chi connectivity index (χ4v) is 3.54. The Morgan fingerprint density at radius 2 is 1.47 bits per heavy atom. The van der Waals surface area contributed by atoms with Crippen molar-refractivity contribution in [1.82, 2.24) is 0 Å². The molecule has 5 atom stereocenters. The second kappa shape index (κ2) is 12.0. The third-order valence-corrected chi connectivity index (χ3v) is 5.60. The monoisotopic (exact) mass is 486 g/mol. The van der Waals surface area contributed by atoms with E-state index in [1.54, 1.807) is 12.1 Å². The van der Waals surface area contributed by atoms with Gasteiger partial charge in [0, 0.05) is 6.61 Å². The van der Waals surface area contributed by atoms with Crippen LogP contribution in [0.25, 0.3) is 0 Å². The van der Waals surface area contributed by atoms with Crippen LogP contribution in [-0.2, 0) is 28.7 Å². The van der Waals surface area contributed by atoms with Crippen LogP contribution in [0.2, 0.25) is 0 Å². The second-order valence-corrected chi connectivity index (χ2v) is 8.15. The second-order valence-electron chi connectivity index (χ2n) is 8.15. The van der Waals surface area contributed by atoms with E-state index in [0.29, 0.717) is 17.7 Å². The van der Waals surface area contributed by atoms with E-state index >= 15 is 0 Å². The molecule has 0 radical (unpaired) electrons. The van der Waals surface area contributed by atoms with E-state index in [-0.39, 0.29) is 13.2 Å². The Balaban J connectivity index is 1.36. The summed E-state index contributed by atoms with van der Waals surface area (Å²) < 4.78 is 54.2. The minimum absolute atomic E-state index is 0.159. The summed E-state index contributed by atoms with van der Waals surface area (Å²) in [5.41, 5.74) is 1.00. The van der Waals surface area contributed by atoms with Gasteiger partial charge in [0.15, 0.2) is 6.29 Å². The molecule has 0 bridgehead atoms. The highest BCUT2D eigenvalue weighted by Gasteiger charge is 2.43. The summed E-state index contributed by atoms with van der Waals surface area (Å²) in [5.74, 6) is 0.606. The molecule has 1 fully saturated rings. The average Bonchev–Trinajstić information content (AvgIpc) is 2.83. The van der Waals surface area contributed by atoms with Crippen LogP contribution in [0.4, 0.5) is 13.2 Å². The Morgan fingerprint density at radius 1 is 0.824 bits per heavy atom. The van der Waals surface area contributed by atoms with Gasteiger partial charge < -0.3 is 34.6 Å². The number of halogens is 3. The standard InChI is InChI=1S/C24H29F3O7/c25-24(26,27)17-8-4-16(5-9-17)14-33-18-10-6-15(7-11-18)3-1-2-12-32-23-22(31)21(30)20(29)19(13-28)34-23/h4-11,19-23,28-31H,1-3,12-14H2/t19-,20-,21+,22-,23-/m1/s1. The van der Waals surface area contributed by atoms with Crippen molar-refractivity contribution in [2.24, 2.45) is 0 Å². The number of benzene rings is 2. The van der Waals surface area contributed by atoms with Crippen LogP contribution >= 0.6 is 0 Å². The van der Waals surface area contributed by atoms with Crippen LogP contribution < -0.4 is 4.74 Å². The third-order valence-electron chi connectivity index (χ3n) is 5.60. The molecule has 0 unspecified atom stereocenters. The fourth-order valence-electron chi connectivity index (χ4n) is 3.54. The van der Waals surface area contributed by atoms with Crippen molar-refractivity contribution in [3.63, 3.8) is 0 Å². The number of aryl methyl sites for hydroxylation is 1. The predicted molar refractivity (Wildman–Crippen MR) is 115 cm³/mol. The minimum Gasteiger partial charge on any atom is -0.489 e. The molecule has 1 heterocycles. The Bertz CT molecular complexity index is 872. The number of alkyl halides is 3. The highest BCUT2D eigenvalue weighted by molar-refractivity contribution is 5.28. The number of aliphatic hydroxyl groups excluding tert-OH is 4. The van der Waals surface area contributed by atoms with E-state index in [1.165, 1.54) is 12.1 Å². The Kier molecular flexibility index (Phi) is 9.29. The maximum absolute atomic E-state index is 12.6. The van der Waals surface area contributed by atoms with Crippen LogP contribution in [0.1, 0.15) is 29.5 Å². The molecule has 188 valence electrons. The van der Waals surface area contributed by atoms with Crippen LogP contribution in [0.3, 0.4) is 0 Å². The SMILES string of the molecule is OC[C@H]1O[C@@H](OCCCCc2ccc(OCc3ccc(C(F)(F)F)cc3)cc2)[C@H](O)[C@@H](O)[C@@H]1O. The summed E-state index contributed by atoms with van der Waals surface area (Å²) in [7, 11) is 0. The smallest absolute Gasteiger partial charge is 0.416 e. The number of aliphatic hydroxyl groups is 4. The van der Waals surface area contributed by atoms with E-state index in [9.17, 15) is 33.6 Å². The molecule has 1 saturated heterocycles. The first kappa shape index (κ1) is 26.4. The maximum atomic E-state index is 12.6. The largest absolute Gasteiger partial charge is 0.489 e. The van der Waals surface area contributed by atoms with Gasteiger partial charge in [-0.1, -0.05) is 24.3 Å². The summed E-state index contributed by atoms with van der Waals surface area (Å²) >= 11 is 0. The fraction of sp³-hybridized carbons (Fsp3) is 0.500. The quantitative estimate of drug-likeness (QED) is 0.382. The van der Waals surface area contributed by atoms with Crippen molar-refractivity contribution < 1.29 is 47.8 Å². The molecule has 0 saturated carbocycles. The van der Waals surface area contributed by atoms with Crippen molar-refractivity contribution in [1.29, 1.82) is 0 Å². The lowest BCUT2D eigenvalue weighted by Crippen LogP contribution is -2.59. The van der Waals surface area contributed by atoms with Gasteiger partial charge in [-0.15, -0.1) is 0 Å². The zero-order chi connectivity index (χ0) is 24.7. The predicted octanol–water partition coefficient (Wildman–Crippen LogP) is 2.42. The van der Waals surface area contributed by atoms with Gasteiger partial charge in [0.05, 0.1) is 12.2 Å². The summed E-state index contributed by atoms with van der Waals surface area (Å²) in [5, 5.41) is 38.7. The Labute approximate surface area is 195 Å². The molecule has 1 aliphatic rings. The number of hydrogen-bond donors (Lipinski definition) is 4. The van der Waals surface area contributed by atoms with E-state index in [0.717, 1.165) is 30.5 Å². The summed E-state index contributed by atoms with van der Waals surface area (Å²) in [6, 6.07) is 12.2. The molecule has 0 amide bonds. The maximum Gasteiger partial charge on any atom is 0.416 e. The number of unbranched alkanes of at least 4 members (excludes halogenated alkanes) is 1. The first-order chi connectivity index (χ1) is 16.2. The summed E-state index contributed by atoms with van der Waals surface area (Å²) in [6.07, 6.45) is -8.58. The molecule has 0 aromatic heterocycles. The van der Waals surface area contributed by atoms with Gasteiger partial charge in [-0.25, -0.2) is 0 Å².